The molecule has 0 bridgehead atoms. The van der Waals surface area contributed by atoms with Gasteiger partial charge in [0.2, 0.25) is 0 Å². The Morgan fingerprint density at radius 1 is 0.962 bits per heavy atom. The molecule has 0 aliphatic heterocycles. The van der Waals surface area contributed by atoms with Crippen LogP contribution in [0.1, 0.15) is 15.9 Å². The highest BCUT2D eigenvalue weighted by Gasteiger charge is 2.12. The number of Topliss-reactive ketones (excluding diaryl/α,β-unsaturated/α-hetero) is 1. The Kier molecular flexibility index (Phi) is 5.68. The van der Waals surface area contributed by atoms with Crippen LogP contribution < -0.4 is 4.74 Å². The third kappa shape index (κ3) is 4.29. The maximum Gasteiger partial charge on any atom is 0.310 e. The zero-order valence-electron chi connectivity index (χ0n) is 14.2. The van der Waals surface area contributed by atoms with Crippen molar-refractivity contribution in [3.05, 3.63) is 76.3 Å². The minimum atomic E-state index is -0.448. The lowest BCUT2D eigenvalue weighted by atomic mass is 10.0. The minimum Gasteiger partial charge on any atom is -0.496 e. The lowest BCUT2D eigenvalue weighted by molar-refractivity contribution is -0.141. The Bertz CT molecular complexity index is 965. The van der Waals surface area contributed by atoms with E-state index in [1.54, 1.807) is 31.4 Å². The van der Waals surface area contributed by atoms with E-state index in [2.05, 4.69) is 15.9 Å². The van der Waals surface area contributed by atoms with E-state index in [-0.39, 0.29) is 18.8 Å². The van der Waals surface area contributed by atoms with Crippen molar-refractivity contribution >= 4 is 38.5 Å². The van der Waals surface area contributed by atoms with Gasteiger partial charge in [-0.2, -0.15) is 0 Å². The highest BCUT2D eigenvalue weighted by Crippen LogP contribution is 2.25. The average Bonchev–Trinajstić information content (AvgIpc) is 2.66. The Morgan fingerprint density at radius 2 is 1.73 bits per heavy atom. The predicted molar refractivity (Wildman–Crippen MR) is 104 cm³/mol. The second-order valence-electron chi connectivity index (χ2n) is 5.79. The van der Waals surface area contributed by atoms with Crippen LogP contribution in [-0.2, 0) is 16.0 Å². The van der Waals surface area contributed by atoms with E-state index in [1.165, 1.54) is 0 Å². The first-order valence-corrected chi connectivity index (χ1v) is 8.86. The van der Waals surface area contributed by atoms with Gasteiger partial charge in [0.15, 0.2) is 12.4 Å². The van der Waals surface area contributed by atoms with Gasteiger partial charge < -0.3 is 9.47 Å². The molecule has 0 unspecified atom stereocenters. The van der Waals surface area contributed by atoms with Crippen LogP contribution in [-0.4, -0.2) is 25.5 Å². The van der Waals surface area contributed by atoms with E-state index in [9.17, 15) is 9.59 Å². The summed E-state index contributed by atoms with van der Waals surface area (Å²) in [4.78, 5) is 24.3. The molecule has 0 aliphatic carbocycles. The molecule has 0 amide bonds. The maximum atomic E-state index is 12.3. The van der Waals surface area contributed by atoms with Gasteiger partial charge in [-0.15, -0.1) is 0 Å². The first-order valence-electron chi connectivity index (χ1n) is 8.07. The van der Waals surface area contributed by atoms with Crippen molar-refractivity contribution in [1.29, 1.82) is 0 Å². The molecule has 132 valence electrons. The number of carbonyl (C=O) groups excluding carboxylic acids is 2. The zero-order chi connectivity index (χ0) is 18.5. The summed E-state index contributed by atoms with van der Waals surface area (Å²) in [7, 11) is 1.58. The molecule has 0 N–H and O–H groups in total. The van der Waals surface area contributed by atoms with Crippen molar-refractivity contribution in [3.8, 4) is 5.75 Å². The normalized spacial score (nSPS) is 10.5. The molecule has 0 aliphatic rings. The van der Waals surface area contributed by atoms with Gasteiger partial charge in [0.1, 0.15) is 5.75 Å². The van der Waals surface area contributed by atoms with E-state index >= 15 is 0 Å². The monoisotopic (exact) mass is 412 g/mol. The molecule has 0 heterocycles. The highest BCUT2D eigenvalue weighted by atomic mass is 79.9. The lowest BCUT2D eigenvalue weighted by Crippen LogP contribution is -2.15. The van der Waals surface area contributed by atoms with Gasteiger partial charge in [0.05, 0.1) is 18.0 Å². The number of carbonyl (C=O) groups is 2. The fraction of sp³-hybridized carbons (Fsp3) is 0.143. The molecule has 4 nitrogen and oxygen atoms in total. The Hall–Kier alpha value is -2.66. The second-order valence-corrected chi connectivity index (χ2v) is 6.65. The van der Waals surface area contributed by atoms with Crippen molar-refractivity contribution in [1.82, 2.24) is 0 Å². The van der Waals surface area contributed by atoms with Gasteiger partial charge in [-0.25, -0.2) is 0 Å². The number of hydrogen-bond donors (Lipinski definition) is 0. The van der Waals surface area contributed by atoms with Crippen LogP contribution in [0, 0.1) is 0 Å². The van der Waals surface area contributed by atoms with E-state index in [0.29, 0.717) is 11.3 Å². The number of benzene rings is 3. The number of hydrogen-bond acceptors (Lipinski definition) is 4. The number of fused-ring (bicyclic) bond motifs is 1. The molecule has 0 saturated carbocycles. The molecule has 3 rings (SSSR count). The topological polar surface area (TPSA) is 52.6 Å². The standard InChI is InChI=1S/C21H17BrO4/c1-25-20-9-6-14(10-18(20)22)11-21(24)26-13-19(23)17-8-7-15-4-2-3-5-16(15)12-17/h2-10,12H,11,13H2,1H3. The van der Waals surface area contributed by atoms with E-state index < -0.39 is 5.97 Å². The Labute approximate surface area is 159 Å². The SMILES string of the molecule is COc1ccc(CC(=O)OCC(=O)c2ccc3ccccc3c2)cc1Br. The molecule has 26 heavy (non-hydrogen) atoms. The number of ether oxygens (including phenoxy) is 2. The van der Waals surface area contributed by atoms with E-state index in [1.807, 2.05) is 36.4 Å². The smallest absolute Gasteiger partial charge is 0.310 e. The highest BCUT2D eigenvalue weighted by molar-refractivity contribution is 9.10. The number of ketones is 1. The van der Waals surface area contributed by atoms with Crippen molar-refractivity contribution in [2.24, 2.45) is 0 Å². The van der Waals surface area contributed by atoms with Gasteiger partial charge in [-0.1, -0.05) is 42.5 Å². The zero-order valence-corrected chi connectivity index (χ0v) is 15.8. The molecule has 0 atom stereocenters. The van der Waals surface area contributed by atoms with Crippen LogP contribution >= 0.6 is 15.9 Å². The average molecular weight is 413 g/mol. The molecular formula is C21H17BrO4. The third-order valence-corrected chi connectivity index (χ3v) is 4.62. The maximum absolute atomic E-state index is 12.3. The summed E-state index contributed by atoms with van der Waals surface area (Å²) in [6.07, 6.45) is 0.0909. The summed E-state index contributed by atoms with van der Waals surface area (Å²) in [6.45, 7) is -0.269. The molecule has 3 aromatic carbocycles. The third-order valence-electron chi connectivity index (χ3n) is 4.00. The Balaban J connectivity index is 1.59. The molecule has 0 saturated heterocycles. The molecule has 0 radical (unpaired) electrons. The lowest BCUT2D eigenvalue weighted by Gasteiger charge is -2.07. The summed E-state index contributed by atoms with van der Waals surface area (Å²) in [5.41, 5.74) is 1.31. The van der Waals surface area contributed by atoms with Crippen LogP contribution in [0.15, 0.2) is 65.1 Å². The van der Waals surface area contributed by atoms with Crippen molar-refractivity contribution in [2.75, 3.05) is 13.7 Å². The Morgan fingerprint density at radius 3 is 2.46 bits per heavy atom. The van der Waals surface area contributed by atoms with Crippen LogP contribution in [0.4, 0.5) is 0 Å². The van der Waals surface area contributed by atoms with Gasteiger partial charge >= 0.3 is 5.97 Å². The van der Waals surface area contributed by atoms with Gasteiger partial charge in [0.25, 0.3) is 0 Å². The van der Waals surface area contributed by atoms with Gasteiger partial charge in [-0.05, 0) is 50.5 Å². The van der Waals surface area contributed by atoms with E-state index in [0.717, 1.165) is 20.8 Å². The largest absolute Gasteiger partial charge is 0.496 e. The number of halogens is 1. The van der Waals surface area contributed by atoms with Gasteiger partial charge in [0, 0.05) is 5.56 Å². The van der Waals surface area contributed by atoms with Crippen molar-refractivity contribution in [2.45, 2.75) is 6.42 Å². The van der Waals surface area contributed by atoms with Crippen LogP contribution in [0.25, 0.3) is 10.8 Å². The van der Waals surface area contributed by atoms with Crippen LogP contribution in [0.5, 0.6) is 5.75 Å². The first-order chi connectivity index (χ1) is 12.6. The summed E-state index contributed by atoms with van der Waals surface area (Å²) in [5, 5.41) is 2.04. The summed E-state index contributed by atoms with van der Waals surface area (Å²) in [5.74, 6) is 0.0184. The fourth-order valence-corrected chi connectivity index (χ4v) is 3.22. The van der Waals surface area contributed by atoms with Gasteiger partial charge in [-0.3, -0.25) is 9.59 Å². The molecule has 0 aromatic heterocycles. The molecule has 3 aromatic rings. The number of rotatable bonds is 6. The molecular weight excluding hydrogens is 396 g/mol. The molecule has 5 heteroatoms. The molecule has 0 spiro atoms. The summed E-state index contributed by atoms with van der Waals surface area (Å²) in [6, 6.07) is 18.6. The number of methoxy groups -OCH3 is 1. The summed E-state index contributed by atoms with van der Waals surface area (Å²) >= 11 is 3.38. The summed E-state index contributed by atoms with van der Waals surface area (Å²) < 4.78 is 11.1. The fourth-order valence-electron chi connectivity index (χ4n) is 2.63. The van der Waals surface area contributed by atoms with Crippen LogP contribution in [0.2, 0.25) is 0 Å². The second kappa shape index (κ2) is 8.15. The quantitative estimate of drug-likeness (QED) is 0.439. The minimum absolute atomic E-state index is 0.0909. The molecule has 0 fully saturated rings. The van der Waals surface area contributed by atoms with Crippen molar-refractivity contribution < 1.29 is 19.1 Å². The van der Waals surface area contributed by atoms with E-state index in [4.69, 9.17) is 9.47 Å². The van der Waals surface area contributed by atoms with Crippen molar-refractivity contribution in [3.63, 3.8) is 0 Å². The first kappa shape index (κ1) is 18.1. The van der Waals surface area contributed by atoms with Crippen LogP contribution in [0.3, 0.4) is 0 Å². The number of esters is 1. The predicted octanol–water partition coefficient (Wildman–Crippen LogP) is 4.58.